The Hall–Kier alpha value is -1.82. The van der Waals surface area contributed by atoms with Gasteiger partial charge in [0, 0.05) is 6.54 Å². The molecule has 0 bridgehead atoms. The van der Waals surface area contributed by atoms with E-state index < -0.39 is 5.97 Å². The predicted octanol–water partition coefficient (Wildman–Crippen LogP) is -0.341. The first-order valence-electron chi connectivity index (χ1n) is 4.44. The van der Waals surface area contributed by atoms with Crippen LogP contribution >= 0.6 is 0 Å². The first-order chi connectivity index (χ1) is 7.11. The van der Waals surface area contributed by atoms with E-state index in [-0.39, 0.29) is 23.4 Å². The van der Waals surface area contributed by atoms with Crippen molar-refractivity contribution in [1.82, 2.24) is 4.57 Å². The molecule has 0 saturated carbocycles. The molecule has 0 unspecified atom stereocenters. The Kier molecular flexibility index (Phi) is 2.20. The first-order valence-corrected chi connectivity index (χ1v) is 4.44. The summed E-state index contributed by atoms with van der Waals surface area (Å²) in [6.07, 6.45) is 0. The molecule has 0 radical (unpaired) electrons. The van der Waals surface area contributed by atoms with Gasteiger partial charge in [0.15, 0.2) is 0 Å². The molecule has 6 nitrogen and oxygen atoms in total. The third-order valence-electron chi connectivity index (χ3n) is 2.36. The van der Waals surface area contributed by atoms with Gasteiger partial charge in [-0.2, -0.15) is 0 Å². The zero-order valence-corrected chi connectivity index (χ0v) is 7.90. The smallest absolute Gasteiger partial charge is 0.337 e. The van der Waals surface area contributed by atoms with Crippen LogP contribution in [0.3, 0.4) is 0 Å². The number of nitrogen functional groups attached to an aromatic ring is 1. The van der Waals surface area contributed by atoms with Crippen LogP contribution in [0.25, 0.3) is 0 Å². The quantitative estimate of drug-likeness (QED) is 0.661. The molecule has 80 valence electrons. The molecule has 1 aliphatic rings. The van der Waals surface area contributed by atoms with Gasteiger partial charge in [-0.05, 0) is 6.07 Å². The van der Waals surface area contributed by atoms with Gasteiger partial charge in [-0.15, -0.1) is 0 Å². The van der Waals surface area contributed by atoms with Gasteiger partial charge in [0.05, 0.1) is 30.2 Å². The van der Waals surface area contributed by atoms with Crippen LogP contribution in [0.15, 0.2) is 10.9 Å². The molecule has 0 atom stereocenters. The maximum absolute atomic E-state index is 11.6. The van der Waals surface area contributed by atoms with Crippen LogP contribution < -0.4 is 11.3 Å². The van der Waals surface area contributed by atoms with Gasteiger partial charge in [-0.1, -0.05) is 0 Å². The van der Waals surface area contributed by atoms with Gasteiger partial charge in [0.2, 0.25) is 0 Å². The molecule has 0 aromatic carbocycles. The van der Waals surface area contributed by atoms with Gasteiger partial charge in [-0.25, -0.2) is 4.79 Å². The van der Waals surface area contributed by atoms with E-state index in [0.29, 0.717) is 18.8 Å². The summed E-state index contributed by atoms with van der Waals surface area (Å²) in [6.45, 7) is 0.881. The lowest BCUT2D eigenvalue weighted by Crippen LogP contribution is -2.33. The predicted molar refractivity (Wildman–Crippen MR) is 51.7 cm³/mol. The third-order valence-corrected chi connectivity index (χ3v) is 2.36. The maximum Gasteiger partial charge on any atom is 0.337 e. The van der Waals surface area contributed by atoms with E-state index in [0.717, 1.165) is 0 Å². The van der Waals surface area contributed by atoms with Gasteiger partial charge in [0.25, 0.3) is 5.56 Å². The number of carboxylic acids is 1. The molecular formula is C9H10N2O4. The second-order valence-electron chi connectivity index (χ2n) is 3.27. The molecule has 0 saturated heterocycles. The summed E-state index contributed by atoms with van der Waals surface area (Å²) in [7, 11) is 0. The lowest BCUT2D eigenvalue weighted by molar-refractivity contribution is 0.0649. The van der Waals surface area contributed by atoms with Crippen molar-refractivity contribution in [3.8, 4) is 0 Å². The van der Waals surface area contributed by atoms with E-state index >= 15 is 0 Å². The second-order valence-corrected chi connectivity index (χ2v) is 3.27. The molecule has 1 aromatic heterocycles. The summed E-state index contributed by atoms with van der Waals surface area (Å²) in [5, 5.41) is 8.93. The monoisotopic (exact) mass is 210 g/mol. The number of aromatic nitrogens is 1. The molecule has 0 amide bonds. The van der Waals surface area contributed by atoms with Crippen molar-refractivity contribution in [1.29, 1.82) is 0 Å². The highest BCUT2D eigenvalue weighted by atomic mass is 16.5. The fourth-order valence-corrected chi connectivity index (χ4v) is 1.63. The van der Waals surface area contributed by atoms with E-state index in [1.54, 1.807) is 0 Å². The van der Waals surface area contributed by atoms with E-state index in [1.807, 2.05) is 0 Å². The number of anilines is 1. The number of aromatic carboxylic acids is 1. The summed E-state index contributed by atoms with van der Waals surface area (Å²) in [5.41, 5.74) is 5.47. The fraction of sp³-hybridized carbons (Fsp3) is 0.333. The van der Waals surface area contributed by atoms with E-state index in [9.17, 15) is 9.59 Å². The third kappa shape index (κ3) is 1.48. The Morgan fingerprint density at radius 3 is 3.00 bits per heavy atom. The van der Waals surface area contributed by atoms with Gasteiger partial charge < -0.3 is 20.1 Å². The standard InChI is InChI=1S/C9H10N2O4/c10-6-3-5(9(13)14)7-4-15-2-1-11(7)8(6)12/h3H,1-2,4,10H2,(H,13,14). The van der Waals surface area contributed by atoms with Gasteiger partial charge >= 0.3 is 5.97 Å². The zero-order valence-electron chi connectivity index (χ0n) is 7.90. The van der Waals surface area contributed by atoms with Crippen LogP contribution in [-0.4, -0.2) is 22.2 Å². The molecule has 3 N–H and O–H groups in total. The average Bonchev–Trinajstić information content (AvgIpc) is 2.23. The van der Waals surface area contributed by atoms with Gasteiger partial charge in [0.1, 0.15) is 0 Å². The van der Waals surface area contributed by atoms with E-state index in [2.05, 4.69) is 0 Å². The van der Waals surface area contributed by atoms with Crippen LogP contribution in [0, 0.1) is 0 Å². The van der Waals surface area contributed by atoms with Crippen LogP contribution in [-0.2, 0) is 17.9 Å². The van der Waals surface area contributed by atoms with Gasteiger partial charge in [-0.3, -0.25) is 4.79 Å². The number of hydrogen-bond acceptors (Lipinski definition) is 4. The summed E-state index contributed by atoms with van der Waals surface area (Å²) < 4.78 is 6.48. The number of ether oxygens (including phenoxy) is 1. The van der Waals surface area contributed by atoms with E-state index in [1.165, 1.54) is 10.6 Å². The number of rotatable bonds is 1. The van der Waals surface area contributed by atoms with E-state index in [4.69, 9.17) is 15.6 Å². The first kappa shape index (κ1) is 9.72. The molecule has 0 fully saturated rings. The number of carboxylic acid groups (broad SMARTS) is 1. The fourth-order valence-electron chi connectivity index (χ4n) is 1.63. The van der Waals surface area contributed by atoms with Crippen molar-refractivity contribution in [3.05, 3.63) is 27.7 Å². The lowest BCUT2D eigenvalue weighted by atomic mass is 10.1. The number of nitrogens with two attached hydrogens (primary N) is 1. The second kappa shape index (κ2) is 3.39. The number of nitrogens with zero attached hydrogens (tertiary/aromatic N) is 1. The Labute approximate surface area is 84.9 Å². The van der Waals surface area contributed by atoms with Crippen molar-refractivity contribution in [3.63, 3.8) is 0 Å². The molecule has 2 rings (SSSR count). The Bertz CT molecular complexity index is 478. The van der Waals surface area contributed by atoms with Crippen molar-refractivity contribution in [2.45, 2.75) is 13.2 Å². The Balaban J connectivity index is 2.73. The molecule has 1 aromatic rings. The highest BCUT2D eigenvalue weighted by Crippen LogP contribution is 2.14. The molecule has 2 heterocycles. The van der Waals surface area contributed by atoms with Crippen molar-refractivity contribution >= 4 is 11.7 Å². The number of hydrogen-bond donors (Lipinski definition) is 2. The topological polar surface area (TPSA) is 94.5 Å². The van der Waals surface area contributed by atoms with Crippen LogP contribution in [0.2, 0.25) is 0 Å². The molecule has 0 aliphatic carbocycles. The Morgan fingerprint density at radius 1 is 1.60 bits per heavy atom. The minimum absolute atomic E-state index is 0.0341. The van der Waals surface area contributed by atoms with Crippen molar-refractivity contribution < 1.29 is 14.6 Å². The SMILES string of the molecule is Nc1cc(C(=O)O)c2n(c1=O)CCOC2. The summed E-state index contributed by atoms with van der Waals surface area (Å²) in [4.78, 5) is 22.5. The molecular weight excluding hydrogens is 200 g/mol. The minimum atomic E-state index is -1.10. The molecule has 6 heteroatoms. The lowest BCUT2D eigenvalue weighted by Gasteiger charge is -2.20. The highest BCUT2D eigenvalue weighted by Gasteiger charge is 2.20. The summed E-state index contributed by atoms with van der Waals surface area (Å²) in [5.74, 6) is -1.10. The number of fused-ring (bicyclic) bond motifs is 1. The maximum atomic E-state index is 11.6. The highest BCUT2D eigenvalue weighted by molar-refractivity contribution is 5.89. The zero-order chi connectivity index (χ0) is 11.0. The molecule has 15 heavy (non-hydrogen) atoms. The normalized spacial score (nSPS) is 14.7. The number of carbonyl (C=O) groups is 1. The van der Waals surface area contributed by atoms with Crippen LogP contribution in [0.5, 0.6) is 0 Å². The number of pyridine rings is 1. The molecule has 0 spiro atoms. The van der Waals surface area contributed by atoms with Crippen LogP contribution in [0.1, 0.15) is 16.1 Å². The Morgan fingerprint density at radius 2 is 2.33 bits per heavy atom. The molecule has 1 aliphatic heterocycles. The summed E-state index contributed by atoms with van der Waals surface area (Å²) in [6, 6.07) is 1.19. The van der Waals surface area contributed by atoms with Crippen molar-refractivity contribution in [2.75, 3.05) is 12.3 Å². The summed E-state index contributed by atoms with van der Waals surface area (Å²) >= 11 is 0. The largest absolute Gasteiger partial charge is 0.478 e. The van der Waals surface area contributed by atoms with Crippen molar-refractivity contribution in [2.24, 2.45) is 0 Å². The van der Waals surface area contributed by atoms with Crippen LogP contribution in [0.4, 0.5) is 5.69 Å². The minimum Gasteiger partial charge on any atom is -0.478 e. The average molecular weight is 210 g/mol.